The fourth-order valence-corrected chi connectivity index (χ4v) is 2.39. The molecular formula is C14H17N7O2. The molecule has 0 aromatic carbocycles. The van der Waals surface area contributed by atoms with Gasteiger partial charge >= 0.3 is 0 Å². The van der Waals surface area contributed by atoms with Crippen LogP contribution in [0.15, 0.2) is 35.8 Å². The standard InChI is InChI=1S/C14H17N7O2/c1-10(7-21-5-3-4-16-21)18-12(22)8-20-9-15-13-11(14(20)23)6-17-19(13)2/h3-6,9-10H,7-8H2,1-2H3,(H,18,22)/t10-/m0/s1. The lowest BCUT2D eigenvalue weighted by atomic mass is 10.3. The molecule has 120 valence electrons. The van der Waals surface area contributed by atoms with Gasteiger partial charge < -0.3 is 5.32 Å². The smallest absolute Gasteiger partial charge is 0.264 e. The SMILES string of the molecule is C[C@@H](Cn1cccn1)NC(=O)Cn1cnc2c(cnn2C)c1=O. The van der Waals surface area contributed by atoms with E-state index >= 15 is 0 Å². The topological polar surface area (TPSA) is 99.6 Å². The highest BCUT2D eigenvalue weighted by molar-refractivity contribution is 5.77. The highest BCUT2D eigenvalue weighted by Gasteiger charge is 2.12. The van der Waals surface area contributed by atoms with Gasteiger partial charge in [0, 0.05) is 25.5 Å². The summed E-state index contributed by atoms with van der Waals surface area (Å²) in [5, 5.41) is 11.3. The molecule has 3 aromatic heterocycles. The molecule has 0 bridgehead atoms. The minimum atomic E-state index is -0.280. The Morgan fingerprint density at radius 3 is 2.96 bits per heavy atom. The number of fused-ring (bicyclic) bond motifs is 1. The molecule has 1 atom stereocenters. The van der Waals surface area contributed by atoms with Gasteiger partial charge in [-0.25, -0.2) is 4.98 Å². The van der Waals surface area contributed by atoms with Crippen molar-refractivity contribution >= 4 is 16.9 Å². The van der Waals surface area contributed by atoms with Crippen molar-refractivity contribution in [2.75, 3.05) is 0 Å². The zero-order chi connectivity index (χ0) is 16.4. The molecule has 0 saturated heterocycles. The Bertz CT molecular complexity index is 878. The lowest BCUT2D eigenvalue weighted by Crippen LogP contribution is -2.39. The van der Waals surface area contributed by atoms with E-state index in [-0.39, 0.29) is 24.1 Å². The van der Waals surface area contributed by atoms with Gasteiger partial charge in [0.25, 0.3) is 5.56 Å². The summed E-state index contributed by atoms with van der Waals surface area (Å²) in [7, 11) is 1.71. The monoisotopic (exact) mass is 315 g/mol. The first-order valence-electron chi connectivity index (χ1n) is 7.18. The number of nitrogens with zero attached hydrogens (tertiary/aromatic N) is 6. The highest BCUT2D eigenvalue weighted by Crippen LogP contribution is 2.02. The van der Waals surface area contributed by atoms with Gasteiger partial charge in [0.15, 0.2) is 5.65 Å². The van der Waals surface area contributed by atoms with Gasteiger partial charge in [-0.1, -0.05) is 0 Å². The van der Waals surface area contributed by atoms with E-state index in [9.17, 15) is 9.59 Å². The Morgan fingerprint density at radius 2 is 2.22 bits per heavy atom. The van der Waals surface area contributed by atoms with Crippen molar-refractivity contribution in [2.24, 2.45) is 7.05 Å². The van der Waals surface area contributed by atoms with Crippen molar-refractivity contribution in [1.82, 2.24) is 34.4 Å². The van der Waals surface area contributed by atoms with Gasteiger partial charge in [-0.3, -0.25) is 23.5 Å². The maximum Gasteiger partial charge on any atom is 0.264 e. The normalized spacial score (nSPS) is 12.4. The van der Waals surface area contributed by atoms with Gasteiger partial charge in [0.05, 0.1) is 12.7 Å². The summed E-state index contributed by atoms with van der Waals surface area (Å²) >= 11 is 0. The van der Waals surface area contributed by atoms with Crippen LogP contribution in [-0.2, 0) is 24.9 Å². The number of hydrogen-bond acceptors (Lipinski definition) is 5. The number of aromatic nitrogens is 6. The van der Waals surface area contributed by atoms with Crippen molar-refractivity contribution in [3.05, 3.63) is 41.3 Å². The predicted octanol–water partition coefficient (Wildman–Crippen LogP) is -0.469. The molecule has 0 fully saturated rings. The summed E-state index contributed by atoms with van der Waals surface area (Å²) in [5.74, 6) is -0.253. The molecule has 0 unspecified atom stereocenters. The maximum absolute atomic E-state index is 12.3. The van der Waals surface area contributed by atoms with Gasteiger partial charge in [-0.2, -0.15) is 10.2 Å². The lowest BCUT2D eigenvalue weighted by Gasteiger charge is -2.14. The van der Waals surface area contributed by atoms with E-state index in [1.807, 2.05) is 19.2 Å². The van der Waals surface area contributed by atoms with Crippen LogP contribution in [0.5, 0.6) is 0 Å². The van der Waals surface area contributed by atoms with E-state index < -0.39 is 0 Å². The minimum absolute atomic E-state index is 0.0832. The molecule has 0 saturated carbocycles. The van der Waals surface area contributed by atoms with Gasteiger partial charge in [-0.15, -0.1) is 0 Å². The summed E-state index contributed by atoms with van der Waals surface area (Å²) in [6, 6.07) is 1.72. The van der Waals surface area contributed by atoms with Crippen molar-refractivity contribution in [1.29, 1.82) is 0 Å². The quantitative estimate of drug-likeness (QED) is 0.686. The summed E-state index contributed by atoms with van der Waals surface area (Å²) in [6.07, 6.45) is 6.33. The van der Waals surface area contributed by atoms with E-state index in [1.165, 1.54) is 21.8 Å². The second-order valence-corrected chi connectivity index (χ2v) is 5.38. The molecular weight excluding hydrogens is 298 g/mol. The zero-order valence-corrected chi connectivity index (χ0v) is 12.9. The number of hydrogen-bond donors (Lipinski definition) is 1. The number of carbonyl (C=O) groups is 1. The summed E-state index contributed by atoms with van der Waals surface area (Å²) in [5.41, 5.74) is 0.219. The van der Waals surface area contributed by atoms with Crippen LogP contribution in [0.4, 0.5) is 0 Å². The van der Waals surface area contributed by atoms with Crippen molar-refractivity contribution < 1.29 is 4.79 Å². The molecule has 0 spiro atoms. The number of aryl methyl sites for hydroxylation is 1. The fraction of sp³-hybridized carbons (Fsp3) is 0.357. The Balaban J connectivity index is 1.68. The molecule has 3 aromatic rings. The van der Waals surface area contributed by atoms with Gasteiger partial charge in [-0.05, 0) is 13.0 Å². The highest BCUT2D eigenvalue weighted by atomic mass is 16.2. The largest absolute Gasteiger partial charge is 0.350 e. The first kappa shape index (κ1) is 14.9. The molecule has 0 aliphatic heterocycles. The average molecular weight is 315 g/mol. The van der Waals surface area contributed by atoms with Crippen LogP contribution >= 0.6 is 0 Å². The zero-order valence-electron chi connectivity index (χ0n) is 12.9. The van der Waals surface area contributed by atoms with Crippen LogP contribution in [0.25, 0.3) is 11.0 Å². The Hall–Kier alpha value is -2.97. The van der Waals surface area contributed by atoms with Crippen LogP contribution in [0.3, 0.4) is 0 Å². The van der Waals surface area contributed by atoms with Gasteiger partial charge in [0.1, 0.15) is 18.3 Å². The maximum atomic E-state index is 12.3. The molecule has 0 aliphatic rings. The summed E-state index contributed by atoms with van der Waals surface area (Å²) < 4.78 is 4.54. The Labute approximate surface area is 131 Å². The summed E-state index contributed by atoms with van der Waals surface area (Å²) in [6.45, 7) is 2.36. The predicted molar refractivity (Wildman–Crippen MR) is 82.6 cm³/mol. The first-order chi connectivity index (χ1) is 11.0. The molecule has 0 aliphatic carbocycles. The van der Waals surface area contributed by atoms with Crippen LogP contribution in [0, 0.1) is 0 Å². The molecule has 23 heavy (non-hydrogen) atoms. The fourth-order valence-electron chi connectivity index (χ4n) is 2.39. The van der Waals surface area contributed by atoms with Crippen LogP contribution in [0.1, 0.15) is 6.92 Å². The Kier molecular flexibility index (Phi) is 3.92. The van der Waals surface area contributed by atoms with Crippen LogP contribution in [0.2, 0.25) is 0 Å². The van der Waals surface area contributed by atoms with E-state index in [0.717, 1.165) is 0 Å². The molecule has 0 radical (unpaired) electrons. The first-order valence-corrected chi connectivity index (χ1v) is 7.18. The third-order valence-electron chi connectivity index (χ3n) is 3.46. The third kappa shape index (κ3) is 3.12. The van der Waals surface area contributed by atoms with E-state index in [1.54, 1.807) is 17.9 Å². The molecule has 3 rings (SSSR count). The van der Waals surface area contributed by atoms with Crippen LogP contribution < -0.4 is 10.9 Å². The van der Waals surface area contributed by atoms with Crippen molar-refractivity contribution in [2.45, 2.75) is 26.1 Å². The molecule has 3 heterocycles. The molecule has 9 heteroatoms. The van der Waals surface area contributed by atoms with E-state index in [2.05, 4.69) is 20.5 Å². The van der Waals surface area contributed by atoms with Crippen molar-refractivity contribution in [3.63, 3.8) is 0 Å². The van der Waals surface area contributed by atoms with Crippen molar-refractivity contribution in [3.8, 4) is 0 Å². The molecule has 1 N–H and O–H groups in total. The van der Waals surface area contributed by atoms with E-state index in [0.29, 0.717) is 17.6 Å². The second kappa shape index (κ2) is 6.03. The number of rotatable bonds is 5. The minimum Gasteiger partial charge on any atom is -0.350 e. The molecule has 9 nitrogen and oxygen atoms in total. The number of nitrogens with one attached hydrogen (secondary N) is 1. The third-order valence-corrected chi connectivity index (χ3v) is 3.46. The number of carbonyl (C=O) groups excluding carboxylic acids is 1. The average Bonchev–Trinajstić information content (AvgIpc) is 3.12. The van der Waals surface area contributed by atoms with E-state index in [4.69, 9.17) is 0 Å². The van der Waals surface area contributed by atoms with Crippen LogP contribution in [-0.4, -0.2) is 41.1 Å². The number of amides is 1. The lowest BCUT2D eigenvalue weighted by molar-refractivity contribution is -0.122. The second-order valence-electron chi connectivity index (χ2n) is 5.38. The summed E-state index contributed by atoms with van der Waals surface area (Å²) in [4.78, 5) is 28.6. The molecule has 1 amide bonds. The Morgan fingerprint density at radius 1 is 1.39 bits per heavy atom. The van der Waals surface area contributed by atoms with Gasteiger partial charge in [0.2, 0.25) is 5.91 Å².